The highest BCUT2D eigenvalue weighted by molar-refractivity contribution is 7.18. The summed E-state index contributed by atoms with van der Waals surface area (Å²) < 4.78 is 13.5. The minimum absolute atomic E-state index is 0. The van der Waals surface area contributed by atoms with Crippen molar-refractivity contribution in [1.29, 1.82) is 0 Å². The maximum atomic E-state index is 13.5. The first-order valence-electron chi connectivity index (χ1n) is 11.4. The van der Waals surface area contributed by atoms with Crippen LogP contribution >= 0.6 is 11.3 Å². The van der Waals surface area contributed by atoms with Gasteiger partial charge in [0, 0.05) is 43.1 Å². The Morgan fingerprint density at radius 1 is 1.14 bits per heavy atom. The molecule has 1 fully saturated rings. The number of aliphatic hydroxyl groups excluding tert-OH is 1. The smallest absolute Gasteiger partial charge is 0.206 e. The number of nitrogen functional groups attached to an aromatic ring is 1. The van der Waals surface area contributed by atoms with Gasteiger partial charge in [0.05, 0.1) is 0 Å². The van der Waals surface area contributed by atoms with Crippen molar-refractivity contribution < 1.29 is 14.3 Å². The van der Waals surface area contributed by atoms with Crippen LogP contribution in [0.3, 0.4) is 0 Å². The fourth-order valence-corrected chi connectivity index (χ4v) is 4.56. The third kappa shape index (κ3) is 6.78. The number of benzene rings is 2. The number of carbonyl (C=O) groups is 1. The summed E-state index contributed by atoms with van der Waals surface area (Å²) in [4.78, 5) is 21.7. The molecule has 2 aromatic carbocycles. The van der Waals surface area contributed by atoms with Crippen molar-refractivity contribution >= 4 is 39.4 Å². The van der Waals surface area contributed by atoms with Gasteiger partial charge in [0.2, 0.25) is 5.78 Å². The Labute approximate surface area is 211 Å². The number of ketones is 1. The van der Waals surface area contributed by atoms with Crippen LogP contribution in [-0.4, -0.2) is 53.2 Å². The van der Waals surface area contributed by atoms with E-state index in [0.29, 0.717) is 21.1 Å². The van der Waals surface area contributed by atoms with Crippen molar-refractivity contribution in [3.63, 3.8) is 0 Å². The number of piperazine rings is 1. The number of hydrogen-bond acceptors (Lipinski definition) is 8. The summed E-state index contributed by atoms with van der Waals surface area (Å²) in [5.41, 5.74) is 8.73. The molecule has 2 heterocycles. The van der Waals surface area contributed by atoms with Gasteiger partial charge in [-0.2, -0.15) is 0 Å². The van der Waals surface area contributed by atoms with Crippen molar-refractivity contribution in [1.82, 2.24) is 9.88 Å². The predicted molar refractivity (Wildman–Crippen MR) is 144 cm³/mol. The molecule has 0 aliphatic carbocycles. The molecule has 1 aliphatic heterocycles. The highest BCUT2D eigenvalue weighted by Gasteiger charge is 2.21. The molecule has 0 spiro atoms. The molecular formula is C26H36FN5O2S. The Kier molecular flexibility index (Phi) is 10.2. The van der Waals surface area contributed by atoms with E-state index in [1.807, 2.05) is 43.0 Å². The first-order chi connectivity index (χ1) is 16.3. The molecule has 190 valence electrons. The quantitative estimate of drug-likeness (QED) is 0.396. The fraction of sp³-hybridized carbons (Fsp3) is 0.385. The summed E-state index contributed by atoms with van der Waals surface area (Å²) in [6, 6.07) is 12.2. The van der Waals surface area contributed by atoms with Gasteiger partial charge in [0.25, 0.3) is 0 Å². The Balaban J connectivity index is 0.00000140. The van der Waals surface area contributed by atoms with Crippen LogP contribution in [0.5, 0.6) is 0 Å². The summed E-state index contributed by atoms with van der Waals surface area (Å²) in [7, 11) is 0. The Morgan fingerprint density at radius 2 is 1.77 bits per heavy atom. The number of anilines is 4. The molecule has 3 aromatic rings. The van der Waals surface area contributed by atoms with Crippen LogP contribution in [0.2, 0.25) is 0 Å². The minimum atomic E-state index is -0.418. The second-order valence-electron chi connectivity index (χ2n) is 7.85. The number of thiazole rings is 1. The first-order valence-corrected chi connectivity index (χ1v) is 12.2. The van der Waals surface area contributed by atoms with Crippen LogP contribution in [0.25, 0.3) is 0 Å². The van der Waals surface area contributed by atoms with Crippen molar-refractivity contribution in [2.24, 2.45) is 0 Å². The molecule has 1 aliphatic rings. The van der Waals surface area contributed by atoms with Gasteiger partial charge < -0.3 is 21.1 Å². The highest BCUT2D eigenvalue weighted by Crippen LogP contribution is 2.31. The second kappa shape index (κ2) is 12.6. The SMILES string of the molecule is C.CC.Cc1cc(C(=O)c2sc(Nc3ccc(N4CCN(C(C)O)CC4)cc3)nc2N)ccc1F. The maximum absolute atomic E-state index is 13.5. The van der Waals surface area contributed by atoms with Crippen LogP contribution in [0.15, 0.2) is 42.5 Å². The lowest BCUT2D eigenvalue weighted by Crippen LogP contribution is -2.49. The van der Waals surface area contributed by atoms with Gasteiger partial charge in [0.15, 0.2) is 5.13 Å². The Morgan fingerprint density at radius 3 is 2.34 bits per heavy atom. The molecular weight excluding hydrogens is 465 g/mol. The van der Waals surface area contributed by atoms with Crippen LogP contribution in [0.4, 0.5) is 26.7 Å². The number of nitrogens with zero attached hydrogens (tertiary/aromatic N) is 3. The van der Waals surface area contributed by atoms with Gasteiger partial charge in [-0.15, -0.1) is 0 Å². The predicted octanol–water partition coefficient (Wildman–Crippen LogP) is 5.27. The van der Waals surface area contributed by atoms with Gasteiger partial charge in [-0.3, -0.25) is 9.69 Å². The molecule has 1 atom stereocenters. The van der Waals surface area contributed by atoms with Crippen molar-refractivity contribution in [3.05, 3.63) is 64.3 Å². The standard InChI is InChI=1S/C23H26FN5O2S.C2H6.CH4/c1-14-13-16(3-8-19(14)24)20(31)21-22(25)27-23(32-21)26-17-4-6-18(7-5-17)29-11-9-28(10-12-29)15(2)30;1-2;/h3-8,13,15,30H,9-12,25H2,1-2H3,(H,26,27);1-2H3;1H4. The zero-order chi connectivity index (χ0) is 24.8. The number of aromatic nitrogens is 1. The lowest BCUT2D eigenvalue weighted by atomic mass is 10.1. The van der Waals surface area contributed by atoms with Gasteiger partial charge in [-0.25, -0.2) is 9.37 Å². The van der Waals surface area contributed by atoms with Gasteiger partial charge in [-0.05, 0) is 61.9 Å². The normalized spacial score (nSPS) is 14.4. The number of aliphatic hydroxyl groups is 1. The van der Waals surface area contributed by atoms with E-state index in [4.69, 9.17) is 5.73 Å². The third-order valence-corrected chi connectivity index (χ3v) is 6.59. The number of nitrogens with one attached hydrogen (secondary N) is 1. The maximum Gasteiger partial charge on any atom is 0.206 e. The molecule has 1 unspecified atom stereocenters. The number of rotatable bonds is 6. The van der Waals surface area contributed by atoms with Gasteiger partial charge >= 0.3 is 0 Å². The van der Waals surface area contributed by atoms with Crippen molar-refractivity contribution in [2.45, 2.75) is 41.3 Å². The number of halogens is 1. The minimum Gasteiger partial charge on any atom is -0.382 e. The monoisotopic (exact) mass is 501 g/mol. The van der Waals surface area contributed by atoms with E-state index in [0.717, 1.165) is 37.6 Å². The summed E-state index contributed by atoms with van der Waals surface area (Å²) >= 11 is 1.17. The lowest BCUT2D eigenvalue weighted by Gasteiger charge is -2.37. The average Bonchev–Trinajstić information content (AvgIpc) is 3.22. The largest absolute Gasteiger partial charge is 0.382 e. The van der Waals surface area contributed by atoms with E-state index in [9.17, 15) is 14.3 Å². The molecule has 9 heteroatoms. The van der Waals surface area contributed by atoms with Crippen LogP contribution in [-0.2, 0) is 0 Å². The van der Waals surface area contributed by atoms with Crippen LogP contribution in [0, 0.1) is 12.7 Å². The van der Waals surface area contributed by atoms with E-state index in [2.05, 4.69) is 15.2 Å². The number of carbonyl (C=O) groups excluding carboxylic acids is 1. The molecule has 0 radical (unpaired) electrons. The molecule has 7 nitrogen and oxygen atoms in total. The van der Waals surface area contributed by atoms with E-state index < -0.39 is 6.23 Å². The molecule has 4 rings (SSSR count). The molecule has 1 saturated heterocycles. The zero-order valence-electron chi connectivity index (χ0n) is 20.0. The average molecular weight is 502 g/mol. The zero-order valence-corrected chi connectivity index (χ0v) is 20.8. The van der Waals surface area contributed by atoms with Crippen molar-refractivity contribution in [3.8, 4) is 0 Å². The first kappa shape index (κ1) is 28.2. The topological polar surface area (TPSA) is 94.7 Å². The van der Waals surface area contributed by atoms with E-state index in [1.165, 1.54) is 29.5 Å². The summed E-state index contributed by atoms with van der Waals surface area (Å²) in [5.74, 6) is -0.477. The summed E-state index contributed by atoms with van der Waals surface area (Å²) in [6.07, 6.45) is -0.418. The number of aryl methyl sites for hydroxylation is 1. The molecule has 1 aromatic heterocycles. The molecule has 4 N–H and O–H groups in total. The van der Waals surface area contributed by atoms with Crippen molar-refractivity contribution in [2.75, 3.05) is 42.1 Å². The fourth-order valence-electron chi connectivity index (χ4n) is 3.70. The number of nitrogens with two attached hydrogens (primary N) is 1. The molecule has 35 heavy (non-hydrogen) atoms. The summed E-state index contributed by atoms with van der Waals surface area (Å²) in [5, 5.41) is 13.4. The molecule has 0 bridgehead atoms. The Hall–Kier alpha value is -3.01. The molecule has 0 saturated carbocycles. The third-order valence-electron chi connectivity index (χ3n) is 5.61. The van der Waals surface area contributed by atoms with E-state index >= 15 is 0 Å². The Bertz CT molecular complexity index is 1110. The summed E-state index contributed by atoms with van der Waals surface area (Å²) in [6.45, 7) is 10.8. The van der Waals surface area contributed by atoms with Gasteiger partial charge in [-0.1, -0.05) is 32.6 Å². The van der Waals surface area contributed by atoms with Crippen LogP contribution < -0.4 is 16.0 Å². The van der Waals surface area contributed by atoms with Gasteiger partial charge in [0.1, 0.15) is 22.7 Å². The molecule has 0 amide bonds. The van der Waals surface area contributed by atoms with E-state index in [1.54, 1.807) is 13.8 Å². The number of hydrogen-bond donors (Lipinski definition) is 3. The lowest BCUT2D eigenvalue weighted by molar-refractivity contribution is 0.0153. The second-order valence-corrected chi connectivity index (χ2v) is 8.85. The van der Waals surface area contributed by atoms with E-state index in [-0.39, 0.29) is 24.8 Å². The van der Waals surface area contributed by atoms with Crippen LogP contribution in [0.1, 0.15) is 49.0 Å². The highest BCUT2D eigenvalue weighted by atomic mass is 32.1.